The van der Waals surface area contributed by atoms with Gasteiger partial charge in [-0.1, -0.05) is 59.8 Å². The fourth-order valence-corrected chi connectivity index (χ4v) is 4.22. The molecule has 1 N–H and O–H groups in total. The lowest BCUT2D eigenvalue weighted by atomic mass is 10.1. The van der Waals surface area contributed by atoms with Crippen molar-refractivity contribution < 1.29 is 4.79 Å². The molecule has 29 heavy (non-hydrogen) atoms. The van der Waals surface area contributed by atoms with Crippen molar-refractivity contribution in [1.82, 2.24) is 19.7 Å². The number of anilines is 1. The smallest absolute Gasteiger partial charge is 0.236 e. The minimum Gasteiger partial charge on any atom is -0.301 e. The van der Waals surface area contributed by atoms with E-state index in [0.29, 0.717) is 10.3 Å². The van der Waals surface area contributed by atoms with Crippen molar-refractivity contribution >= 4 is 34.1 Å². The molecule has 0 aliphatic heterocycles. The van der Waals surface area contributed by atoms with Gasteiger partial charge in [0.25, 0.3) is 0 Å². The Morgan fingerprint density at radius 3 is 2.52 bits per heavy atom. The van der Waals surface area contributed by atoms with Gasteiger partial charge in [0, 0.05) is 16.6 Å². The number of hydrogen-bond acceptors (Lipinski definition) is 6. The molecule has 4 rings (SSSR count). The molecule has 0 unspecified atom stereocenters. The van der Waals surface area contributed by atoms with Gasteiger partial charge in [-0.3, -0.25) is 9.36 Å². The van der Waals surface area contributed by atoms with Crippen molar-refractivity contribution in [3.05, 3.63) is 71.2 Å². The number of nitrogens with zero attached hydrogens (tertiary/aromatic N) is 4. The second-order valence-electron chi connectivity index (χ2n) is 6.47. The van der Waals surface area contributed by atoms with Crippen LogP contribution < -0.4 is 5.32 Å². The van der Waals surface area contributed by atoms with Gasteiger partial charge in [-0.05, 0) is 26.0 Å². The Hall–Kier alpha value is -2.97. The number of hydrogen-bond donors (Lipinski definition) is 1. The van der Waals surface area contributed by atoms with Gasteiger partial charge in [-0.15, -0.1) is 21.5 Å². The second kappa shape index (κ2) is 8.59. The van der Waals surface area contributed by atoms with Crippen molar-refractivity contribution in [2.45, 2.75) is 19.0 Å². The van der Waals surface area contributed by atoms with Gasteiger partial charge in [0.05, 0.1) is 11.4 Å². The summed E-state index contributed by atoms with van der Waals surface area (Å²) in [5, 5.41) is 14.8. The van der Waals surface area contributed by atoms with Crippen LogP contribution in [0.1, 0.15) is 11.3 Å². The van der Waals surface area contributed by atoms with Gasteiger partial charge in [0.15, 0.2) is 16.1 Å². The summed E-state index contributed by atoms with van der Waals surface area (Å²) in [7, 11) is 0. The van der Waals surface area contributed by atoms with Crippen LogP contribution in [0.3, 0.4) is 0 Å². The SMILES string of the molecule is Cc1ccc(-c2nnc(SCC(=O)Nc3nc(C)cs3)n2-c2ccccc2)cc1. The van der Waals surface area contributed by atoms with Crippen LogP contribution in [0.5, 0.6) is 0 Å². The van der Waals surface area contributed by atoms with E-state index in [4.69, 9.17) is 0 Å². The molecule has 1 amide bonds. The third-order valence-electron chi connectivity index (χ3n) is 4.16. The highest BCUT2D eigenvalue weighted by Crippen LogP contribution is 2.28. The Morgan fingerprint density at radius 2 is 1.83 bits per heavy atom. The average molecular weight is 422 g/mol. The predicted molar refractivity (Wildman–Crippen MR) is 118 cm³/mol. The number of nitrogens with one attached hydrogen (secondary N) is 1. The molecule has 0 spiro atoms. The number of carbonyl (C=O) groups is 1. The highest BCUT2D eigenvalue weighted by Gasteiger charge is 2.17. The van der Waals surface area contributed by atoms with Crippen molar-refractivity contribution in [1.29, 1.82) is 0 Å². The molecule has 2 aromatic carbocycles. The van der Waals surface area contributed by atoms with Crippen molar-refractivity contribution in [2.75, 3.05) is 11.1 Å². The van der Waals surface area contributed by atoms with Crippen molar-refractivity contribution in [3.63, 3.8) is 0 Å². The minimum atomic E-state index is -0.121. The van der Waals surface area contributed by atoms with Gasteiger partial charge in [0.1, 0.15) is 0 Å². The lowest BCUT2D eigenvalue weighted by Crippen LogP contribution is -2.14. The number of thiazole rings is 1. The lowest BCUT2D eigenvalue weighted by molar-refractivity contribution is -0.113. The molecule has 0 saturated heterocycles. The van der Waals surface area contributed by atoms with Crippen molar-refractivity contribution in [3.8, 4) is 17.1 Å². The number of benzene rings is 2. The van der Waals surface area contributed by atoms with Gasteiger partial charge >= 0.3 is 0 Å². The first-order valence-corrected chi connectivity index (χ1v) is 10.9. The Kier molecular flexibility index (Phi) is 5.73. The monoisotopic (exact) mass is 421 g/mol. The number of thioether (sulfide) groups is 1. The number of amides is 1. The highest BCUT2D eigenvalue weighted by atomic mass is 32.2. The lowest BCUT2D eigenvalue weighted by Gasteiger charge is -2.10. The molecular formula is C21H19N5OS2. The fourth-order valence-electron chi connectivity index (χ4n) is 2.76. The number of aromatic nitrogens is 4. The maximum atomic E-state index is 12.3. The molecule has 146 valence electrons. The molecule has 0 atom stereocenters. The van der Waals surface area contributed by atoms with E-state index in [1.54, 1.807) is 0 Å². The largest absolute Gasteiger partial charge is 0.301 e. The zero-order chi connectivity index (χ0) is 20.2. The van der Waals surface area contributed by atoms with Crippen molar-refractivity contribution in [2.24, 2.45) is 0 Å². The second-order valence-corrected chi connectivity index (χ2v) is 8.27. The van der Waals surface area contributed by atoms with Gasteiger partial charge < -0.3 is 5.32 Å². The molecule has 2 aromatic heterocycles. The summed E-state index contributed by atoms with van der Waals surface area (Å²) in [5.74, 6) is 0.843. The Labute approximate surface area is 177 Å². The molecular weight excluding hydrogens is 402 g/mol. The summed E-state index contributed by atoms with van der Waals surface area (Å²) in [6, 6.07) is 18.1. The predicted octanol–water partition coefficient (Wildman–Crippen LogP) is 4.74. The summed E-state index contributed by atoms with van der Waals surface area (Å²) < 4.78 is 1.98. The Morgan fingerprint density at radius 1 is 1.07 bits per heavy atom. The van der Waals surface area contributed by atoms with Crippen LogP contribution in [0.2, 0.25) is 0 Å². The molecule has 2 heterocycles. The minimum absolute atomic E-state index is 0.121. The number of para-hydroxylation sites is 1. The Balaban J connectivity index is 1.59. The topological polar surface area (TPSA) is 72.7 Å². The molecule has 0 aliphatic carbocycles. The van der Waals surface area contributed by atoms with E-state index in [-0.39, 0.29) is 11.7 Å². The number of aryl methyl sites for hydroxylation is 2. The van der Waals surface area contributed by atoms with Crippen LogP contribution in [-0.4, -0.2) is 31.4 Å². The van der Waals surface area contributed by atoms with Crippen LogP contribution in [-0.2, 0) is 4.79 Å². The van der Waals surface area contributed by atoms with Gasteiger partial charge in [-0.2, -0.15) is 0 Å². The van der Waals surface area contributed by atoms with Crippen LogP contribution in [0.15, 0.2) is 65.1 Å². The van der Waals surface area contributed by atoms with Crippen LogP contribution >= 0.6 is 23.1 Å². The fraction of sp³-hybridized carbons (Fsp3) is 0.143. The summed E-state index contributed by atoms with van der Waals surface area (Å²) >= 11 is 2.77. The molecule has 0 fully saturated rings. The van der Waals surface area contributed by atoms with Gasteiger partial charge in [0.2, 0.25) is 5.91 Å². The van der Waals surface area contributed by atoms with Crippen LogP contribution in [0.25, 0.3) is 17.1 Å². The van der Waals surface area contributed by atoms with Crippen LogP contribution in [0.4, 0.5) is 5.13 Å². The van der Waals surface area contributed by atoms with E-state index >= 15 is 0 Å². The zero-order valence-corrected chi connectivity index (χ0v) is 17.6. The summed E-state index contributed by atoms with van der Waals surface area (Å²) in [6.07, 6.45) is 0. The third-order valence-corrected chi connectivity index (χ3v) is 5.96. The van der Waals surface area contributed by atoms with Gasteiger partial charge in [-0.25, -0.2) is 4.98 Å². The van der Waals surface area contributed by atoms with E-state index < -0.39 is 0 Å². The molecule has 8 heteroatoms. The molecule has 4 aromatic rings. The highest BCUT2D eigenvalue weighted by molar-refractivity contribution is 7.99. The number of rotatable bonds is 6. The third kappa shape index (κ3) is 4.55. The van der Waals surface area contributed by atoms with E-state index in [1.165, 1.54) is 28.7 Å². The molecule has 0 radical (unpaired) electrons. The first-order valence-electron chi connectivity index (χ1n) is 9.03. The normalized spacial score (nSPS) is 10.8. The van der Waals surface area contributed by atoms with E-state index in [0.717, 1.165) is 22.8 Å². The molecule has 0 saturated carbocycles. The molecule has 0 aliphatic rings. The molecule has 0 bridgehead atoms. The first kappa shape index (κ1) is 19.4. The first-order chi connectivity index (χ1) is 14.1. The summed E-state index contributed by atoms with van der Waals surface area (Å²) in [4.78, 5) is 16.6. The Bertz CT molecular complexity index is 1120. The standard InChI is InChI=1S/C21H19N5OS2/c1-14-8-10-16(11-9-14)19-24-25-21(26(19)17-6-4-3-5-7-17)29-13-18(27)23-20-22-15(2)12-28-20/h3-12H,13H2,1-2H3,(H,22,23,27). The summed E-state index contributed by atoms with van der Waals surface area (Å²) in [6.45, 7) is 3.95. The van der Waals surface area contributed by atoms with Crippen LogP contribution in [0, 0.1) is 13.8 Å². The maximum absolute atomic E-state index is 12.3. The number of carbonyl (C=O) groups excluding carboxylic acids is 1. The average Bonchev–Trinajstić information content (AvgIpc) is 3.33. The zero-order valence-electron chi connectivity index (χ0n) is 16.0. The van der Waals surface area contributed by atoms with E-state index in [2.05, 4.69) is 39.6 Å². The van der Waals surface area contributed by atoms with E-state index in [1.807, 2.05) is 59.3 Å². The molecule has 6 nitrogen and oxygen atoms in total. The summed E-state index contributed by atoms with van der Waals surface area (Å²) in [5.41, 5.74) is 4.00. The van der Waals surface area contributed by atoms with E-state index in [9.17, 15) is 4.79 Å². The quantitative estimate of drug-likeness (QED) is 0.455. The maximum Gasteiger partial charge on any atom is 0.236 e.